The number of amides is 1. The number of rotatable bonds is 7. The Hall–Kier alpha value is -2.54. The van der Waals surface area contributed by atoms with E-state index in [9.17, 15) is 19.8 Å². The molecule has 0 saturated carbocycles. The van der Waals surface area contributed by atoms with E-state index < -0.39 is 17.9 Å². The third kappa shape index (κ3) is 6.29. The number of methoxy groups -OCH3 is 1. The zero-order valence-electron chi connectivity index (χ0n) is 15.9. The third-order valence-electron chi connectivity index (χ3n) is 4.65. The maximum atomic E-state index is 12.3. The Kier molecular flexibility index (Phi) is 6.85. The number of hydrogen-bond acceptors (Lipinski definition) is 6. The van der Waals surface area contributed by atoms with Crippen LogP contribution in [0, 0.1) is 5.92 Å². The highest BCUT2D eigenvalue weighted by molar-refractivity contribution is 5.92. The molecule has 0 bridgehead atoms. The van der Waals surface area contributed by atoms with E-state index in [1.54, 1.807) is 18.2 Å². The van der Waals surface area contributed by atoms with E-state index in [1.165, 1.54) is 19.3 Å². The van der Waals surface area contributed by atoms with Crippen molar-refractivity contribution in [1.82, 2.24) is 5.32 Å². The van der Waals surface area contributed by atoms with Gasteiger partial charge in [-0.15, -0.1) is 0 Å². The number of benzene rings is 1. The Labute approximate surface area is 159 Å². The van der Waals surface area contributed by atoms with Gasteiger partial charge in [-0.1, -0.05) is 6.07 Å². The van der Waals surface area contributed by atoms with Gasteiger partial charge in [-0.25, -0.2) is 0 Å². The molecular formula is C20H26NO6-. The highest BCUT2D eigenvalue weighted by Gasteiger charge is 2.34. The Morgan fingerprint density at radius 2 is 2.22 bits per heavy atom. The molecule has 7 heteroatoms. The van der Waals surface area contributed by atoms with Crippen molar-refractivity contribution in [3.8, 4) is 11.5 Å². The minimum absolute atomic E-state index is 0.00207. The smallest absolute Gasteiger partial charge is 0.244 e. The van der Waals surface area contributed by atoms with Crippen LogP contribution in [0.3, 0.4) is 0 Å². The van der Waals surface area contributed by atoms with E-state index in [0.717, 1.165) is 0 Å². The summed E-state index contributed by atoms with van der Waals surface area (Å²) >= 11 is 0. The Morgan fingerprint density at radius 1 is 1.48 bits per heavy atom. The van der Waals surface area contributed by atoms with Crippen LogP contribution in [0.15, 0.2) is 24.3 Å². The van der Waals surface area contributed by atoms with Gasteiger partial charge in [0.25, 0.3) is 0 Å². The van der Waals surface area contributed by atoms with Crippen molar-refractivity contribution in [2.45, 2.75) is 44.8 Å². The fourth-order valence-corrected chi connectivity index (χ4v) is 3.34. The predicted octanol–water partition coefficient (Wildman–Crippen LogP) is 1.24. The number of nitrogens with one attached hydrogen (secondary N) is 1. The van der Waals surface area contributed by atoms with E-state index in [-0.39, 0.29) is 23.7 Å². The summed E-state index contributed by atoms with van der Waals surface area (Å²) in [6.45, 7) is 4.44. The fourth-order valence-electron chi connectivity index (χ4n) is 3.34. The van der Waals surface area contributed by atoms with Gasteiger partial charge >= 0.3 is 0 Å². The predicted molar refractivity (Wildman–Crippen MR) is 98.0 cm³/mol. The molecule has 2 rings (SSSR count). The molecule has 0 aromatic heterocycles. The SMILES string of the molecule is COc1cc(/C=C/C(=O)N[C@H](CC(=O)[O-])[C@@H]2CCOC(C)(C)C2)ccc1O. The molecule has 1 aromatic carbocycles. The van der Waals surface area contributed by atoms with Gasteiger partial charge in [0.1, 0.15) is 0 Å². The number of phenolic OH excluding ortho intramolecular Hbond substituents is 1. The van der Waals surface area contributed by atoms with Crippen molar-refractivity contribution in [1.29, 1.82) is 0 Å². The molecule has 0 unspecified atom stereocenters. The summed E-state index contributed by atoms with van der Waals surface area (Å²) in [5, 5.41) is 23.5. The quantitative estimate of drug-likeness (QED) is 0.694. The Balaban J connectivity index is 2.05. The molecule has 1 aromatic rings. The summed E-state index contributed by atoms with van der Waals surface area (Å²) in [7, 11) is 1.44. The molecule has 1 heterocycles. The lowest BCUT2D eigenvalue weighted by Crippen LogP contribution is -2.48. The Morgan fingerprint density at radius 3 is 2.85 bits per heavy atom. The zero-order chi connectivity index (χ0) is 20.0. The molecule has 0 aliphatic carbocycles. The van der Waals surface area contributed by atoms with Crippen LogP contribution in [-0.4, -0.2) is 42.3 Å². The molecule has 1 fully saturated rings. The van der Waals surface area contributed by atoms with Crippen molar-refractivity contribution in [2.24, 2.45) is 5.92 Å². The van der Waals surface area contributed by atoms with Gasteiger partial charge < -0.3 is 29.8 Å². The van der Waals surface area contributed by atoms with Gasteiger partial charge in [0, 0.05) is 31.1 Å². The average Bonchev–Trinajstić information content (AvgIpc) is 2.59. The number of carbonyl (C=O) groups is 2. The van der Waals surface area contributed by atoms with Crippen LogP contribution in [0.2, 0.25) is 0 Å². The van der Waals surface area contributed by atoms with E-state index in [2.05, 4.69) is 5.32 Å². The number of aliphatic carboxylic acids is 1. The molecule has 7 nitrogen and oxygen atoms in total. The topological polar surface area (TPSA) is 108 Å². The molecule has 1 saturated heterocycles. The monoisotopic (exact) mass is 376 g/mol. The van der Waals surface area contributed by atoms with Crippen molar-refractivity contribution in [2.75, 3.05) is 13.7 Å². The summed E-state index contributed by atoms with van der Waals surface area (Å²) in [6, 6.07) is 4.18. The van der Waals surface area contributed by atoms with Gasteiger partial charge in [0.2, 0.25) is 5.91 Å². The fraction of sp³-hybridized carbons (Fsp3) is 0.500. The van der Waals surface area contributed by atoms with Crippen molar-refractivity contribution in [3.63, 3.8) is 0 Å². The molecular weight excluding hydrogens is 350 g/mol. The highest BCUT2D eigenvalue weighted by atomic mass is 16.5. The van der Waals surface area contributed by atoms with E-state index in [4.69, 9.17) is 9.47 Å². The second-order valence-corrected chi connectivity index (χ2v) is 7.32. The van der Waals surface area contributed by atoms with Gasteiger partial charge in [0.15, 0.2) is 11.5 Å². The normalized spacial score (nSPS) is 20.2. The Bertz CT molecular complexity index is 712. The van der Waals surface area contributed by atoms with Crippen LogP contribution >= 0.6 is 0 Å². The number of carbonyl (C=O) groups excluding carboxylic acids is 2. The van der Waals surface area contributed by atoms with Crippen LogP contribution < -0.4 is 15.2 Å². The second kappa shape index (κ2) is 8.90. The first kappa shape index (κ1) is 20.8. The molecule has 1 aliphatic heterocycles. The standard InChI is InChI=1S/C20H27NO6/c1-20(2)12-14(8-9-27-20)15(11-19(24)25)21-18(23)7-5-13-4-6-16(22)17(10-13)26-3/h4-7,10,14-15,22H,8-9,11-12H2,1-3H3,(H,21,23)(H,24,25)/p-1/b7-5+/t14-,15-/m1/s1. The summed E-state index contributed by atoms with van der Waals surface area (Å²) in [4.78, 5) is 23.4. The first-order valence-electron chi connectivity index (χ1n) is 8.89. The third-order valence-corrected chi connectivity index (χ3v) is 4.65. The first-order valence-corrected chi connectivity index (χ1v) is 8.89. The summed E-state index contributed by atoms with van der Waals surface area (Å²) in [6.07, 6.45) is 4.00. The maximum absolute atomic E-state index is 12.3. The van der Waals surface area contributed by atoms with Gasteiger partial charge in [-0.3, -0.25) is 4.79 Å². The van der Waals surface area contributed by atoms with Crippen molar-refractivity contribution < 1.29 is 29.3 Å². The molecule has 1 aliphatic rings. The van der Waals surface area contributed by atoms with Crippen LogP contribution in [0.5, 0.6) is 11.5 Å². The van der Waals surface area contributed by atoms with E-state index in [1.807, 2.05) is 13.8 Å². The van der Waals surface area contributed by atoms with Gasteiger partial charge in [-0.2, -0.15) is 0 Å². The maximum Gasteiger partial charge on any atom is 0.244 e. The first-order chi connectivity index (χ1) is 12.7. The van der Waals surface area contributed by atoms with E-state index in [0.29, 0.717) is 30.8 Å². The van der Waals surface area contributed by atoms with Crippen LogP contribution in [0.25, 0.3) is 6.08 Å². The van der Waals surface area contributed by atoms with E-state index >= 15 is 0 Å². The number of carboxylic acids is 1. The van der Waals surface area contributed by atoms with Gasteiger partial charge in [-0.05, 0) is 56.4 Å². The molecule has 27 heavy (non-hydrogen) atoms. The molecule has 148 valence electrons. The molecule has 2 atom stereocenters. The number of carboxylic acid groups (broad SMARTS) is 1. The lowest BCUT2D eigenvalue weighted by molar-refractivity contribution is -0.306. The van der Waals surface area contributed by atoms with Crippen LogP contribution in [0.1, 0.15) is 38.7 Å². The molecule has 1 amide bonds. The summed E-state index contributed by atoms with van der Waals surface area (Å²) < 4.78 is 10.7. The largest absolute Gasteiger partial charge is 0.550 e. The van der Waals surface area contributed by atoms with Crippen LogP contribution in [-0.2, 0) is 14.3 Å². The lowest BCUT2D eigenvalue weighted by atomic mass is 9.82. The number of ether oxygens (including phenoxy) is 2. The average molecular weight is 376 g/mol. The number of aromatic hydroxyl groups is 1. The zero-order valence-corrected chi connectivity index (χ0v) is 15.9. The minimum Gasteiger partial charge on any atom is -0.550 e. The minimum atomic E-state index is -1.20. The second-order valence-electron chi connectivity index (χ2n) is 7.32. The summed E-state index contributed by atoms with van der Waals surface area (Å²) in [5.74, 6) is -1.28. The summed E-state index contributed by atoms with van der Waals surface area (Å²) in [5.41, 5.74) is 0.319. The van der Waals surface area contributed by atoms with Crippen molar-refractivity contribution in [3.05, 3.63) is 29.8 Å². The lowest BCUT2D eigenvalue weighted by Gasteiger charge is -2.39. The molecule has 0 spiro atoms. The highest BCUT2D eigenvalue weighted by Crippen LogP contribution is 2.31. The van der Waals surface area contributed by atoms with Gasteiger partial charge in [0.05, 0.1) is 12.7 Å². The van der Waals surface area contributed by atoms with Crippen LogP contribution in [0.4, 0.5) is 0 Å². The van der Waals surface area contributed by atoms with Crippen molar-refractivity contribution >= 4 is 18.0 Å². The molecule has 2 N–H and O–H groups in total. The number of phenols is 1. The molecule has 0 radical (unpaired) electrons. The number of hydrogen-bond donors (Lipinski definition) is 2.